The van der Waals surface area contributed by atoms with Gasteiger partial charge >= 0.3 is 0 Å². The minimum absolute atomic E-state index is 0.188. The zero-order valence-corrected chi connectivity index (χ0v) is 18.9. The standard InChI is InChI=1S/C26H19FN8O/c27-18-4-3-10-34-23(18)12-21(32-34)25-24-20(29-15-30-24)8-11-33(25)26(36)17-13-31-35-14-16(6-7-22(17)35)19-5-1-2-9-28-19/h1-7,9-10,12-15,25H,8,11H2,(H,29,30)/t25-/m0/s1. The second kappa shape index (κ2) is 7.84. The summed E-state index contributed by atoms with van der Waals surface area (Å²) in [6, 6.07) is 13.6. The number of aromatic amines is 1. The smallest absolute Gasteiger partial charge is 0.258 e. The second-order valence-corrected chi connectivity index (χ2v) is 8.69. The molecule has 1 atom stereocenters. The van der Waals surface area contributed by atoms with Gasteiger partial charge in [0.15, 0.2) is 0 Å². The third kappa shape index (κ3) is 3.11. The van der Waals surface area contributed by atoms with Crippen molar-refractivity contribution in [2.24, 2.45) is 0 Å². The summed E-state index contributed by atoms with van der Waals surface area (Å²) in [5, 5.41) is 9.05. The lowest BCUT2D eigenvalue weighted by Gasteiger charge is -2.33. The monoisotopic (exact) mass is 478 g/mol. The number of carbonyl (C=O) groups excluding carboxylic acids is 1. The van der Waals surface area contributed by atoms with Gasteiger partial charge in [-0.2, -0.15) is 10.2 Å². The van der Waals surface area contributed by atoms with Crippen LogP contribution in [0.15, 0.2) is 79.6 Å². The van der Waals surface area contributed by atoms with E-state index in [9.17, 15) is 9.18 Å². The van der Waals surface area contributed by atoms with Gasteiger partial charge in [0.2, 0.25) is 0 Å². The Bertz CT molecular complexity index is 1750. The molecular formula is C26H19FN8O. The number of pyridine rings is 3. The van der Waals surface area contributed by atoms with Crippen molar-refractivity contribution in [1.29, 1.82) is 0 Å². The maximum Gasteiger partial charge on any atom is 0.258 e. The Balaban J connectivity index is 1.31. The minimum Gasteiger partial charge on any atom is -0.348 e. The molecule has 7 heterocycles. The van der Waals surface area contributed by atoms with Crippen molar-refractivity contribution in [3.8, 4) is 11.3 Å². The number of hydrogen-bond acceptors (Lipinski definition) is 5. The van der Waals surface area contributed by atoms with Crippen LogP contribution in [-0.4, -0.2) is 51.5 Å². The third-order valence-electron chi connectivity index (χ3n) is 6.64. The minimum atomic E-state index is -0.561. The molecule has 0 aliphatic carbocycles. The molecule has 0 aromatic carbocycles. The number of aromatic nitrogens is 7. The number of fused-ring (bicyclic) bond motifs is 3. The van der Waals surface area contributed by atoms with Crippen molar-refractivity contribution in [3.63, 3.8) is 0 Å². The summed E-state index contributed by atoms with van der Waals surface area (Å²) in [7, 11) is 0. The van der Waals surface area contributed by atoms with E-state index in [0.29, 0.717) is 41.0 Å². The molecule has 1 amide bonds. The van der Waals surface area contributed by atoms with Gasteiger partial charge in [0.05, 0.1) is 40.7 Å². The molecule has 0 spiro atoms. The normalized spacial score (nSPS) is 15.5. The highest BCUT2D eigenvalue weighted by molar-refractivity contribution is 6.01. The number of imidazole rings is 1. The van der Waals surface area contributed by atoms with E-state index in [0.717, 1.165) is 17.0 Å². The quantitative estimate of drug-likeness (QED) is 0.419. The molecule has 1 N–H and O–H groups in total. The number of carbonyl (C=O) groups is 1. The van der Waals surface area contributed by atoms with Crippen LogP contribution < -0.4 is 0 Å². The molecule has 7 rings (SSSR count). The summed E-state index contributed by atoms with van der Waals surface area (Å²) in [6.45, 7) is 0.457. The zero-order chi connectivity index (χ0) is 24.2. The van der Waals surface area contributed by atoms with Crippen LogP contribution in [0, 0.1) is 5.82 Å². The number of nitrogens with zero attached hydrogens (tertiary/aromatic N) is 7. The summed E-state index contributed by atoms with van der Waals surface area (Å²) in [5.41, 5.74) is 5.44. The average Bonchev–Trinajstić information content (AvgIpc) is 3.66. The van der Waals surface area contributed by atoms with E-state index in [4.69, 9.17) is 0 Å². The van der Waals surface area contributed by atoms with E-state index in [1.54, 1.807) is 46.5 Å². The van der Waals surface area contributed by atoms with Gasteiger partial charge < -0.3 is 9.88 Å². The fourth-order valence-corrected chi connectivity index (χ4v) is 4.92. The van der Waals surface area contributed by atoms with Crippen LogP contribution in [0.3, 0.4) is 0 Å². The number of hydrogen-bond donors (Lipinski definition) is 1. The average molecular weight is 478 g/mol. The van der Waals surface area contributed by atoms with Gasteiger partial charge in [-0.15, -0.1) is 0 Å². The van der Waals surface area contributed by atoms with Gasteiger partial charge in [-0.3, -0.25) is 9.78 Å². The van der Waals surface area contributed by atoms with Gasteiger partial charge in [-0.1, -0.05) is 6.07 Å². The lowest BCUT2D eigenvalue weighted by atomic mass is 9.98. The topological polar surface area (TPSA) is 96.5 Å². The molecule has 36 heavy (non-hydrogen) atoms. The first-order valence-corrected chi connectivity index (χ1v) is 11.5. The lowest BCUT2D eigenvalue weighted by molar-refractivity contribution is 0.0689. The summed E-state index contributed by atoms with van der Waals surface area (Å²) in [6.07, 6.45) is 9.12. The molecule has 6 aromatic heterocycles. The van der Waals surface area contributed by atoms with Crippen molar-refractivity contribution >= 4 is 16.9 Å². The van der Waals surface area contributed by atoms with Gasteiger partial charge in [0.1, 0.15) is 17.4 Å². The zero-order valence-electron chi connectivity index (χ0n) is 18.9. The van der Waals surface area contributed by atoms with Crippen LogP contribution in [-0.2, 0) is 6.42 Å². The highest BCUT2D eigenvalue weighted by Gasteiger charge is 2.37. The van der Waals surface area contributed by atoms with Crippen molar-refractivity contribution in [3.05, 3.63) is 108 Å². The van der Waals surface area contributed by atoms with E-state index >= 15 is 0 Å². The molecule has 176 valence electrons. The van der Waals surface area contributed by atoms with Crippen molar-refractivity contribution in [1.82, 2.24) is 39.1 Å². The van der Waals surface area contributed by atoms with Crippen LogP contribution in [0.25, 0.3) is 22.3 Å². The Morgan fingerprint density at radius 1 is 1.06 bits per heavy atom. The highest BCUT2D eigenvalue weighted by Crippen LogP contribution is 2.35. The first kappa shape index (κ1) is 20.5. The van der Waals surface area contributed by atoms with Crippen LogP contribution >= 0.6 is 0 Å². The first-order chi connectivity index (χ1) is 17.7. The number of rotatable bonds is 3. The molecule has 10 heteroatoms. The Hall–Kier alpha value is -4.86. The van der Waals surface area contributed by atoms with Crippen LogP contribution in [0.4, 0.5) is 4.39 Å². The summed E-state index contributed by atoms with van der Waals surface area (Å²) in [4.78, 5) is 27.8. The number of amides is 1. The maximum atomic E-state index is 14.4. The van der Waals surface area contributed by atoms with E-state index in [2.05, 4.69) is 25.1 Å². The maximum absolute atomic E-state index is 14.4. The number of halogens is 1. The van der Waals surface area contributed by atoms with Crippen molar-refractivity contribution < 1.29 is 9.18 Å². The van der Waals surface area contributed by atoms with Crippen LogP contribution in [0.2, 0.25) is 0 Å². The van der Waals surface area contributed by atoms with Crippen molar-refractivity contribution in [2.45, 2.75) is 12.5 Å². The molecule has 1 aliphatic heterocycles. The fraction of sp³-hybridized carbons (Fsp3) is 0.115. The molecule has 0 saturated heterocycles. The van der Waals surface area contributed by atoms with Crippen LogP contribution in [0.5, 0.6) is 0 Å². The van der Waals surface area contributed by atoms with Crippen LogP contribution in [0.1, 0.15) is 33.5 Å². The van der Waals surface area contributed by atoms with Gasteiger partial charge in [-0.05, 0) is 42.5 Å². The van der Waals surface area contributed by atoms with E-state index < -0.39 is 6.04 Å². The molecule has 0 fully saturated rings. The molecule has 0 unspecified atom stereocenters. The molecular weight excluding hydrogens is 459 g/mol. The van der Waals surface area contributed by atoms with Gasteiger partial charge in [-0.25, -0.2) is 18.4 Å². The predicted molar refractivity (Wildman–Crippen MR) is 129 cm³/mol. The second-order valence-electron chi connectivity index (χ2n) is 8.69. The van der Waals surface area contributed by atoms with E-state index in [1.807, 2.05) is 36.5 Å². The number of H-pyrrole nitrogens is 1. The molecule has 9 nitrogen and oxygen atoms in total. The summed E-state index contributed by atoms with van der Waals surface area (Å²) < 4.78 is 17.6. The van der Waals surface area contributed by atoms with Gasteiger partial charge in [0.25, 0.3) is 5.91 Å². The highest BCUT2D eigenvalue weighted by atomic mass is 19.1. The molecule has 0 radical (unpaired) electrons. The molecule has 0 bridgehead atoms. The fourth-order valence-electron chi connectivity index (χ4n) is 4.92. The van der Waals surface area contributed by atoms with Gasteiger partial charge in [0, 0.05) is 42.8 Å². The summed E-state index contributed by atoms with van der Waals surface area (Å²) >= 11 is 0. The third-order valence-corrected chi connectivity index (χ3v) is 6.64. The lowest BCUT2D eigenvalue weighted by Crippen LogP contribution is -2.41. The molecule has 0 saturated carbocycles. The Morgan fingerprint density at radius 3 is 2.86 bits per heavy atom. The largest absolute Gasteiger partial charge is 0.348 e. The first-order valence-electron chi connectivity index (χ1n) is 11.5. The predicted octanol–water partition coefficient (Wildman–Crippen LogP) is 3.69. The molecule has 1 aliphatic rings. The molecule has 6 aromatic rings. The van der Waals surface area contributed by atoms with E-state index in [1.165, 1.54) is 10.6 Å². The van der Waals surface area contributed by atoms with E-state index in [-0.39, 0.29) is 11.7 Å². The Labute approximate surface area is 203 Å². The Morgan fingerprint density at radius 2 is 2.00 bits per heavy atom. The summed E-state index contributed by atoms with van der Waals surface area (Å²) in [5.74, 6) is -0.565. The SMILES string of the molecule is O=C(c1cnn2cc(-c3ccccn3)ccc12)N1CCc2[nH]cnc2[C@@H]1c1cc2c(F)cccn2n1. The number of nitrogens with one attached hydrogen (secondary N) is 1. The van der Waals surface area contributed by atoms with Crippen molar-refractivity contribution in [2.75, 3.05) is 6.54 Å². The Kier molecular flexibility index (Phi) is 4.47.